The van der Waals surface area contributed by atoms with Gasteiger partial charge < -0.3 is 14.7 Å². The van der Waals surface area contributed by atoms with E-state index in [-0.39, 0.29) is 11.8 Å². The third kappa shape index (κ3) is 3.23. The summed E-state index contributed by atoms with van der Waals surface area (Å²) >= 11 is 0. The zero-order chi connectivity index (χ0) is 17.2. The lowest BCUT2D eigenvalue weighted by atomic mass is 9.89. The van der Waals surface area contributed by atoms with Gasteiger partial charge in [0.1, 0.15) is 11.2 Å². The van der Waals surface area contributed by atoms with Crippen LogP contribution < -0.4 is 4.90 Å². The number of anilines is 1. The number of aromatic nitrogens is 1. The summed E-state index contributed by atoms with van der Waals surface area (Å²) in [4.78, 5) is 35.8. The molecule has 2 aliphatic rings. The van der Waals surface area contributed by atoms with Crippen LogP contribution in [0.3, 0.4) is 0 Å². The van der Waals surface area contributed by atoms with Crippen LogP contribution in [0.25, 0.3) is 0 Å². The molecule has 0 spiro atoms. The van der Waals surface area contributed by atoms with Crippen molar-refractivity contribution in [3.05, 3.63) is 24.4 Å². The molecular weight excluding hydrogens is 304 g/mol. The van der Waals surface area contributed by atoms with E-state index in [0.717, 1.165) is 44.8 Å². The van der Waals surface area contributed by atoms with Crippen molar-refractivity contribution in [3.8, 4) is 0 Å². The number of rotatable bonds is 3. The van der Waals surface area contributed by atoms with Gasteiger partial charge in [0.05, 0.1) is 0 Å². The molecule has 24 heavy (non-hydrogen) atoms. The second-order valence-corrected chi connectivity index (χ2v) is 7.09. The number of piperazine rings is 1. The van der Waals surface area contributed by atoms with Crippen LogP contribution >= 0.6 is 0 Å². The minimum absolute atomic E-state index is 0.0304. The summed E-state index contributed by atoms with van der Waals surface area (Å²) in [6.07, 6.45) is 3.86. The van der Waals surface area contributed by atoms with Crippen molar-refractivity contribution in [2.75, 3.05) is 44.2 Å². The van der Waals surface area contributed by atoms with Crippen LogP contribution in [0, 0.1) is 5.41 Å². The van der Waals surface area contributed by atoms with Crippen LogP contribution in [-0.4, -0.2) is 65.9 Å². The fraction of sp³-hybridized carbons (Fsp3) is 0.611. The molecule has 1 aromatic rings. The molecule has 2 amide bonds. The lowest BCUT2D eigenvalue weighted by molar-refractivity contribution is -0.153. The van der Waals surface area contributed by atoms with Gasteiger partial charge in [0.2, 0.25) is 11.8 Å². The normalized spacial score (nSPS) is 18.8. The molecule has 0 atom stereocenters. The highest BCUT2D eigenvalue weighted by Crippen LogP contribution is 2.26. The minimum Gasteiger partial charge on any atom is -0.353 e. The molecule has 0 N–H and O–H groups in total. The Balaban J connectivity index is 1.61. The van der Waals surface area contributed by atoms with Crippen molar-refractivity contribution in [2.24, 2.45) is 5.41 Å². The molecule has 0 bridgehead atoms. The highest BCUT2D eigenvalue weighted by Gasteiger charge is 2.42. The Kier molecular flexibility index (Phi) is 4.73. The van der Waals surface area contributed by atoms with Crippen LogP contribution in [0.4, 0.5) is 5.82 Å². The van der Waals surface area contributed by atoms with E-state index < -0.39 is 5.41 Å². The van der Waals surface area contributed by atoms with E-state index in [2.05, 4.69) is 9.88 Å². The summed E-state index contributed by atoms with van der Waals surface area (Å²) in [5.74, 6) is 0.856. The molecule has 0 aromatic carbocycles. The van der Waals surface area contributed by atoms with Gasteiger partial charge in [0.25, 0.3) is 0 Å². The molecule has 3 heterocycles. The molecule has 0 saturated carbocycles. The number of amides is 2. The molecule has 130 valence electrons. The van der Waals surface area contributed by atoms with Crippen molar-refractivity contribution in [1.29, 1.82) is 0 Å². The molecule has 6 nitrogen and oxygen atoms in total. The van der Waals surface area contributed by atoms with Gasteiger partial charge in [-0.05, 0) is 38.8 Å². The molecule has 0 unspecified atom stereocenters. The topological polar surface area (TPSA) is 56.8 Å². The molecule has 0 aliphatic carbocycles. The molecule has 2 aliphatic heterocycles. The summed E-state index contributed by atoms with van der Waals surface area (Å²) in [5.41, 5.74) is -0.975. The third-order valence-electron chi connectivity index (χ3n) is 5.00. The summed E-state index contributed by atoms with van der Waals surface area (Å²) in [5, 5.41) is 0. The van der Waals surface area contributed by atoms with Gasteiger partial charge in [-0.15, -0.1) is 0 Å². The van der Waals surface area contributed by atoms with Crippen LogP contribution in [0.1, 0.15) is 26.7 Å². The van der Waals surface area contributed by atoms with Crippen LogP contribution in [-0.2, 0) is 9.59 Å². The van der Waals surface area contributed by atoms with Gasteiger partial charge in [-0.25, -0.2) is 4.98 Å². The first-order valence-electron chi connectivity index (χ1n) is 8.75. The number of hydrogen-bond acceptors (Lipinski definition) is 4. The average molecular weight is 330 g/mol. The summed E-state index contributed by atoms with van der Waals surface area (Å²) in [6, 6.07) is 5.85. The zero-order valence-electron chi connectivity index (χ0n) is 14.6. The molecule has 3 rings (SSSR count). The lowest BCUT2D eigenvalue weighted by Crippen LogP contribution is -2.55. The predicted molar refractivity (Wildman–Crippen MR) is 92.6 cm³/mol. The highest BCUT2D eigenvalue weighted by atomic mass is 16.2. The Hall–Kier alpha value is -2.11. The van der Waals surface area contributed by atoms with Crippen molar-refractivity contribution >= 4 is 17.6 Å². The Labute approximate surface area is 143 Å². The van der Waals surface area contributed by atoms with Crippen molar-refractivity contribution in [1.82, 2.24) is 14.8 Å². The number of likely N-dealkylation sites (tertiary alicyclic amines) is 1. The molecule has 6 heteroatoms. The number of carbonyl (C=O) groups excluding carboxylic acids is 2. The van der Waals surface area contributed by atoms with Gasteiger partial charge in [-0.1, -0.05) is 6.07 Å². The third-order valence-corrected chi connectivity index (χ3v) is 5.00. The van der Waals surface area contributed by atoms with E-state index >= 15 is 0 Å². The Morgan fingerprint density at radius 2 is 1.50 bits per heavy atom. The molecule has 0 radical (unpaired) electrons. The lowest BCUT2D eigenvalue weighted by Gasteiger charge is -2.39. The van der Waals surface area contributed by atoms with Gasteiger partial charge in [0.15, 0.2) is 0 Å². The highest BCUT2D eigenvalue weighted by molar-refractivity contribution is 6.04. The Morgan fingerprint density at radius 3 is 2.04 bits per heavy atom. The van der Waals surface area contributed by atoms with Gasteiger partial charge in [-0.3, -0.25) is 9.59 Å². The first-order valence-corrected chi connectivity index (χ1v) is 8.75. The Morgan fingerprint density at radius 1 is 0.917 bits per heavy atom. The van der Waals surface area contributed by atoms with Crippen molar-refractivity contribution < 1.29 is 9.59 Å². The maximum Gasteiger partial charge on any atom is 0.237 e. The fourth-order valence-corrected chi connectivity index (χ4v) is 3.48. The van der Waals surface area contributed by atoms with E-state index in [1.54, 1.807) is 20.0 Å². The monoisotopic (exact) mass is 330 g/mol. The van der Waals surface area contributed by atoms with E-state index in [0.29, 0.717) is 13.1 Å². The van der Waals surface area contributed by atoms with Crippen LogP contribution in [0.15, 0.2) is 24.4 Å². The van der Waals surface area contributed by atoms with E-state index in [1.165, 1.54) is 0 Å². The second kappa shape index (κ2) is 6.79. The maximum absolute atomic E-state index is 12.9. The van der Waals surface area contributed by atoms with Crippen LogP contribution in [0.5, 0.6) is 0 Å². The molecule has 2 fully saturated rings. The standard InChI is InChI=1S/C18H26N4O2/c1-18(2,16(23)21-9-5-6-10-21)17(24)22-13-11-20(12-14-22)15-7-3-4-8-19-15/h3-4,7-8H,5-6,9-14H2,1-2H3. The number of hydrogen-bond donors (Lipinski definition) is 0. The van der Waals surface area contributed by atoms with Gasteiger partial charge in [-0.2, -0.15) is 0 Å². The zero-order valence-corrected chi connectivity index (χ0v) is 14.6. The smallest absolute Gasteiger partial charge is 0.237 e. The maximum atomic E-state index is 12.9. The number of carbonyl (C=O) groups is 2. The summed E-state index contributed by atoms with van der Waals surface area (Å²) in [6.45, 7) is 7.85. The van der Waals surface area contributed by atoms with E-state index in [1.807, 2.05) is 28.0 Å². The molecule has 2 saturated heterocycles. The Bertz CT molecular complexity index is 588. The SMILES string of the molecule is CC(C)(C(=O)N1CCCC1)C(=O)N1CCN(c2ccccn2)CC1. The summed E-state index contributed by atoms with van der Waals surface area (Å²) < 4.78 is 0. The van der Waals surface area contributed by atoms with E-state index in [9.17, 15) is 9.59 Å². The second-order valence-electron chi connectivity index (χ2n) is 7.09. The summed E-state index contributed by atoms with van der Waals surface area (Å²) in [7, 11) is 0. The fourth-order valence-electron chi connectivity index (χ4n) is 3.48. The van der Waals surface area contributed by atoms with Crippen molar-refractivity contribution in [2.45, 2.75) is 26.7 Å². The number of pyridine rings is 1. The molecule has 1 aromatic heterocycles. The van der Waals surface area contributed by atoms with Crippen molar-refractivity contribution in [3.63, 3.8) is 0 Å². The largest absolute Gasteiger partial charge is 0.353 e. The van der Waals surface area contributed by atoms with Gasteiger partial charge >= 0.3 is 0 Å². The molecular formula is C18H26N4O2. The minimum atomic E-state index is -0.975. The average Bonchev–Trinajstić information content (AvgIpc) is 3.16. The number of nitrogens with zero attached hydrogens (tertiary/aromatic N) is 4. The quantitative estimate of drug-likeness (QED) is 0.786. The van der Waals surface area contributed by atoms with E-state index in [4.69, 9.17) is 0 Å². The first-order chi connectivity index (χ1) is 11.5. The van der Waals surface area contributed by atoms with Crippen LogP contribution in [0.2, 0.25) is 0 Å². The predicted octanol–water partition coefficient (Wildman–Crippen LogP) is 1.38. The first kappa shape index (κ1) is 16.7. The van der Waals surface area contributed by atoms with Gasteiger partial charge in [0, 0.05) is 45.5 Å².